The zero-order valence-electron chi connectivity index (χ0n) is 11.2. The Bertz CT molecular complexity index is 714. The molecule has 2 heterocycles. The molecule has 0 bridgehead atoms. The van der Waals surface area contributed by atoms with Gasteiger partial charge < -0.3 is 9.73 Å². The molecule has 0 aliphatic heterocycles. The van der Waals surface area contributed by atoms with Gasteiger partial charge >= 0.3 is 0 Å². The highest BCUT2D eigenvalue weighted by atomic mass is 19.1. The molecule has 2 aromatic heterocycles. The molecule has 3 rings (SSSR count). The van der Waals surface area contributed by atoms with E-state index < -0.39 is 0 Å². The maximum Gasteiger partial charge on any atom is 0.247 e. The number of hydrogen-bond donors (Lipinski definition) is 1. The van der Waals surface area contributed by atoms with E-state index >= 15 is 0 Å². The van der Waals surface area contributed by atoms with Crippen LogP contribution in [0.15, 0.2) is 53.2 Å². The molecule has 5 nitrogen and oxygen atoms in total. The summed E-state index contributed by atoms with van der Waals surface area (Å²) >= 11 is 0. The second-order valence-corrected chi connectivity index (χ2v) is 4.48. The Morgan fingerprint density at radius 1 is 1.10 bits per heavy atom. The topological polar surface area (TPSA) is 63.8 Å². The van der Waals surface area contributed by atoms with Gasteiger partial charge in [-0.3, -0.25) is 4.98 Å². The lowest BCUT2D eigenvalue weighted by atomic mass is 10.2. The quantitative estimate of drug-likeness (QED) is 0.780. The molecule has 0 aliphatic rings. The molecule has 0 fully saturated rings. The van der Waals surface area contributed by atoms with Crippen LogP contribution < -0.4 is 5.32 Å². The Hall–Kier alpha value is -2.60. The molecule has 106 valence electrons. The summed E-state index contributed by atoms with van der Waals surface area (Å²) in [5.74, 6) is 0.438. The van der Waals surface area contributed by atoms with E-state index in [0.29, 0.717) is 30.4 Å². The van der Waals surface area contributed by atoms with Crippen LogP contribution in [0.3, 0.4) is 0 Å². The van der Waals surface area contributed by atoms with Gasteiger partial charge in [-0.1, -0.05) is 12.1 Å². The van der Waals surface area contributed by atoms with Crippen LogP contribution in [-0.2, 0) is 13.1 Å². The van der Waals surface area contributed by atoms with Crippen molar-refractivity contribution in [3.05, 3.63) is 66.1 Å². The molecule has 0 atom stereocenters. The molecule has 0 saturated carbocycles. The Morgan fingerprint density at radius 3 is 2.86 bits per heavy atom. The van der Waals surface area contributed by atoms with Gasteiger partial charge in [0, 0.05) is 24.5 Å². The summed E-state index contributed by atoms with van der Waals surface area (Å²) in [6, 6.07) is 9.92. The van der Waals surface area contributed by atoms with Crippen molar-refractivity contribution in [2.24, 2.45) is 0 Å². The number of halogens is 1. The van der Waals surface area contributed by atoms with Crippen LogP contribution >= 0.6 is 0 Å². The normalized spacial score (nSPS) is 10.7. The lowest BCUT2D eigenvalue weighted by Gasteiger charge is -2.00. The van der Waals surface area contributed by atoms with Crippen LogP contribution in [0.4, 0.5) is 4.39 Å². The van der Waals surface area contributed by atoms with Crippen LogP contribution in [0, 0.1) is 5.82 Å². The molecule has 21 heavy (non-hydrogen) atoms. The Labute approximate surface area is 120 Å². The van der Waals surface area contributed by atoms with Crippen molar-refractivity contribution in [1.82, 2.24) is 20.5 Å². The number of hydrogen-bond acceptors (Lipinski definition) is 5. The lowest BCUT2D eigenvalue weighted by Crippen LogP contribution is -2.12. The first-order valence-electron chi connectivity index (χ1n) is 6.49. The Balaban J connectivity index is 1.60. The molecule has 0 amide bonds. The minimum absolute atomic E-state index is 0.313. The van der Waals surface area contributed by atoms with Gasteiger partial charge in [0.2, 0.25) is 11.8 Å². The molecule has 0 spiro atoms. The van der Waals surface area contributed by atoms with E-state index in [-0.39, 0.29) is 5.82 Å². The van der Waals surface area contributed by atoms with Gasteiger partial charge in [-0.25, -0.2) is 4.39 Å². The number of nitrogens with zero attached hydrogens (tertiary/aromatic N) is 3. The summed E-state index contributed by atoms with van der Waals surface area (Å²) in [5.41, 5.74) is 1.64. The van der Waals surface area contributed by atoms with E-state index in [0.717, 1.165) is 5.56 Å². The maximum absolute atomic E-state index is 13.1. The van der Waals surface area contributed by atoms with Crippen molar-refractivity contribution in [1.29, 1.82) is 0 Å². The van der Waals surface area contributed by atoms with Crippen molar-refractivity contribution in [3.8, 4) is 11.5 Å². The number of nitrogens with one attached hydrogen (secondary N) is 1. The van der Waals surface area contributed by atoms with E-state index in [1.165, 1.54) is 12.1 Å². The average Bonchev–Trinajstić information content (AvgIpc) is 2.97. The fourth-order valence-electron chi connectivity index (χ4n) is 1.88. The molecular weight excluding hydrogens is 271 g/mol. The third-order valence-electron chi connectivity index (χ3n) is 2.87. The van der Waals surface area contributed by atoms with Gasteiger partial charge in [0.25, 0.3) is 0 Å². The van der Waals surface area contributed by atoms with Gasteiger partial charge in [0.05, 0.1) is 6.54 Å². The minimum Gasteiger partial charge on any atom is -0.419 e. The second-order valence-electron chi connectivity index (χ2n) is 4.48. The van der Waals surface area contributed by atoms with Gasteiger partial charge in [0.1, 0.15) is 5.82 Å². The number of aromatic nitrogens is 3. The largest absolute Gasteiger partial charge is 0.419 e. The zero-order valence-corrected chi connectivity index (χ0v) is 11.2. The van der Waals surface area contributed by atoms with Crippen molar-refractivity contribution in [2.75, 3.05) is 0 Å². The maximum atomic E-state index is 13.1. The fourth-order valence-corrected chi connectivity index (χ4v) is 1.88. The second kappa shape index (κ2) is 6.23. The summed E-state index contributed by atoms with van der Waals surface area (Å²) in [7, 11) is 0. The van der Waals surface area contributed by atoms with E-state index in [2.05, 4.69) is 20.5 Å². The highest BCUT2D eigenvalue weighted by molar-refractivity contribution is 5.52. The van der Waals surface area contributed by atoms with Crippen LogP contribution in [0.5, 0.6) is 0 Å². The minimum atomic E-state index is -0.332. The summed E-state index contributed by atoms with van der Waals surface area (Å²) < 4.78 is 18.6. The summed E-state index contributed by atoms with van der Waals surface area (Å²) in [6.45, 7) is 1.10. The molecule has 1 aromatic carbocycles. The summed E-state index contributed by atoms with van der Waals surface area (Å²) in [6.07, 6.45) is 3.52. The third-order valence-corrected chi connectivity index (χ3v) is 2.87. The van der Waals surface area contributed by atoms with Crippen molar-refractivity contribution < 1.29 is 8.81 Å². The smallest absolute Gasteiger partial charge is 0.247 e. The summed E-state index contributed by atoms with van der Waals surface area (Å²) in [4.78, 5) is 4.04. The van der Waals surface area contributed by atoms with Gasteiger partial charge in [-0.15, -0.1) is 10.2 Å². The molecule has 1 N–H and O–H groups in total. The number of benzene rings is 1. The van der Waals surface area contributed by atoms with E-state index in [1.54, 1.807) is 24.5 Å². The third kappa shape index (κ3) is 3.49. The standard InChI is InChI=1S/C15H13FN4O/c16-13-5-1-4-12(7-13)15-20-19-14(21-15)10-18-9-11-3-2-6-17-8-11/h1-8,18H,9-10H2. The summed E-state index contributed by atoms with van der Waals surface area (Å²) in [5, 5.41) is 11.0. The first-order chi connectivity index (χ1) is 10.3. The monoisotopic (exact) mass is 284 g/mol. The lowest BCUT2D eigenvalue weighted by molar-refractivity contribution is 0.477. The first kappa shape index (κ1) is 13.4. The number of rotatable bonds is 5. The van der Waals surface area contributed by atoms with Gasteiger partial charge in [0.15, 0.2) is 0 Å². The number of pyridine rings is 1. The van der Waals surface area contributed by atoms with Crippen molar-refractivity contribution >= 4 is 0 Å². The predicted octanol–water partition coefficient (Wildman–Crippen LogP) is 2.56. The Morgan fingerprint density at radius 2 is 2.05 bits per heavy atom. The fraction of sp³-hybridized carbons (Fsp3) is 0.133. The highest BCUT2D eigenvalue weighted by Crippen LogP contribution is 2.18. The Kier molecular flexibility index (Phi) is 3.97. The van der Waals surface area contributed by atoms with Gasteiger partial charge in [-0.2, -0.15) is 0 Å². The van der Waals surface area contributed by atoms with Crippen molar-refractivity contribution in [2.45, 2.75) is 13.1 Å². The first-order valence-corrected chi connectivity index (χ1v) is 6.49. The molecule has 0 saturated heterocycles. The van der Waals surface area contributed by atoms with E-state index in [4.69, 9.17) is 4.42 Å². The van der Waals surface area contributed by atoms with Crippen LogP contribution in [0.25, 0.3) is 11.5 Å². The molecule has 0 radical (unpaired) electrons. The SMILES string of the molecule is Fc1cccc(-c2nnc(CNCc3cccnc3)o2)c1. The zero-order chi connectivity index (χ0) is 14.5. The van der Waals surface area contributed by atoms with Crippen LogP contribution in [0.2, 0.25) is 0 Å². The van der Waals surface area contributed by atoms with E-state index in [9.17, 15) is 4.39 Å². The highest BCUT2D eigenvalue weighted by Gasteiger charge is 2.08. The van der Waals surface area contributed by atoms with Gasteiger partial charge in [-0.05, 0) is 29.8 Å². The molecule has 0 unspecified atom stereocenters. The molecule has 3 aromatic rings. The van der Waals surface area contributed by atoms with Crippen LogP contribution in [0.1, 0.15) is 11.5 Å². The molecule has 0 aliphatic carbocycles. The van der Waals surface area contributed by atoms with Crippen molar-refractivity contribution in [3.63, 3.8) is 0 Å². The average molecular weight is 284 g/mol. The molecular formula is C15H13FN4O. The van der Waals surface area contributed by atoms with Crippen LogP contribution in [-0.4, -0.2) is 15.2 Å². The molecule has 6 heteroatoms. The predicted molar refractivity (Wildman–Crippen MR) is 74.5 cm³/mol. The van der Waals surface area contributed by atoms with E-state index in [1.807, 2.05) is 12.1 Å².